The summed E-state index contributed by atoms with van der Waals surface area (Å²) in [5, 5.41) is 8.13. The van der Waals surface area contributed by atoms with Gasteiger partial charge in [-0.3, -0.25) is 4.79 Å². The molecule has 2 heterocycles. The molecule has 0 bridgehead atoms. The third-order valence-corrected chi connectivity index (χ3v) is 4.96. The highest BCUT2D eigenvalue weighted by molar-refractivity contribution is 5.82. The number of nitrogens with zero attached hydrogens (tertiary/aromatic N) is 3. The quantitative estimate of drug-likeness (QED) is 0.664. The maximum atomic E-state index is 12.8. The molecule has 1 aliphatic heterocycles. The molecule has 0 radical (unpaired) electrons. The van der Waals surface area contributed by atoms with Crippen molar-refractivity contribution in [2.75, 3.05) is 14.2 Å². The first-order valence-corrected chi connectivity index (χ1v) is 9.42. The summed E-state index contributed by atoms with van der Waals surface area (Å²) in [6, 6.07) is 17.1. The average Bonchev–Trinajstić information content (AvgIpc) is 3.44. The number of likely N-dealkylation sites (N-methyl/N-ethyl adjacent to an activating group) is 1. The van der Waals surface area contributed by atoms with E-state index in [-0.39, 0.29) is 24.5 Å². The highest BCUT2D eigenvalue weighted by Crippen LogP contribution is 2.25. The molecule has 0 saturated carbocycles. The molecular weight excluding hydrogens is 370 g/mol. The second kappa shape index (κ2) is 8.42. The Balaban J connectivity index is 1.35. The Morgan fingerprint density at radius 3 is 2.62 bits per heavy atom. The normalized spacial score (nSPS) is 18.6. The van der Waals surface area contributed by atoms with Gasteiger partial charge in [-0.1, -0.05) is 30.3 Å². The Labute approximate surface area is 168 Å². The number of hydrazine groups is 1. The van der Waals surface area contributed by atoms with Crippen LogP contribution in [0.4, 0.5) is 0 Å². The van der Waals surface area contributed by atoms with Crippen molar-refractivity contribution in [2.45, 2.75) is 25.0 Å². The number of carbonyl (C=O) groups excluding carboxylic acids is 1. The highest BCUT2D eigenvalue weighted by atomic mass is 16.5. The first kappa shape index (κ1) is 19.1. The Hall–Kier alpha value is -3.23. The Bertz CT molecular complexity index is 958. The maximum absolute atomic E-state index is 12.8. The van der Waals surface area contributed by atoms with Crippen LogP contribution in [0.5, 0.6) is 5.75 Å². The zero-order valence-electron chi connectivity index (χ0n) is 16.3. The molecule has 3 aromatic rings. The van der Waals surface area contributed by atoms with E-state index in [4.69, 9.17) is 9.15 Å². The van der Waals surface area contributed by atoms with E-state index in [0.29, 0.717) is 18.2 Å². The number of hydrogen-bond acceptors (Lipinski definition) is 7. The predicted molar refractivity (Wildman–Crippen MR) is 107 cm³/mol. The summed E-state index contributed by atoms with van der Waals surface area (Å²) in [6.07, 6.45) is 0.647. The molecule has 0 aliphatic carbocycles. The molecule has 150 valence electrons. The monoisotopic (exact) mass is 393 g/mol. The van der Waals surface area contributed by atoms with Crippen LogP contribution in [-0.4, -0.2) is 41.2 Å². The molecule has 2 aromatic carbocycles. The van der Waals surface area contributed by atoms with Crippen LogP contribution in [0.3, 0.4) is 0 Å². The number of rotatable bonds is 6. The number of amides is 1. The predicted octanol–water partition coefficient (Wildman–Crippen LogP) is 2.31. The second-order valence-electron chi connectivity index (χ2n) is 6.96. The molecular formula is C21H23N5O3. The zero-order valence-corrected chi connectivity index (χ0v) is 16.3. The van der Waals surface area contributed by atoms with Gasteiger partial charge in [0, 0.05) is 18.7 Å². The highest BCUT2D eigenvalue weighted by Gasteiger charge is 2.32. The zero-order chi connectivity index (χ0) is 20.2. The minimum absolute atomic E-state index is 0.0343. The molecule has 1 fully saturated rings. The molecule has 8 nitrogen and oxygen atoms in total. The van der Waals surface area contributed by atoms with Crippen LogP contribution in [0.2, 0.25) is 0 Å². The lowest BCUT2D eigenvalue weighted by Gasteiger charge is -2.19. The van der Waals surface area contributed by atoms with Gasteiger partial charge in [-0.05, 0) is 36.2 Å². The molecule has 2 atom stereocenters. The summed E-state index contributed by atoms with van der Waals surface area (Å²) in [5.41, 5.74) is 8.24. The molecule has 1 amide bonds. The minimum atomic E-state index is -0.330. The average molecular weight is 393 g/mol. The summed E-state index contributed by atoms with van der Waals surface area (Å²) >= 11 is 0. The molecule has 8 heteroatoms. The largest absolute Gasteiger partial charge is 0.497 e. The van der Waals surface area contributed by atoms with Crippen molar-refractivity contribution in [3.63, 3.8) is 0 Å². The van der Waals surface area contributed by atoms with Gasteiger partial charge in [-0.2, -0.15) is 0 Å². The van der Waals surface area contributed by atoms with Gasteiger partial charge in [0.2, 0.25) is 17.7 Å². The molecule has 1 aliphatic rings. The first-order valence-electron chi connectivity index (χ1n) is 9.42. The van der Waals surface area contributed by atoms with Crippen LogP contribution in [0.15, 0.2) is 59.0 Å². The number of aromatic nitrogens is 2. The van der Waals surface area contributed by atoms with Crippen LogP contribution in [-0.2, 0) is 11.3 Å². The van der Waals surface area contributed by atoms with Crippen molar-refractivity contribution in [3.8, 4) is 17.2 Å². The summed E-state index contributed by atoms with van der Waals surface area (Å²) in [6.45, 7) is 0.254. The van der Waals surface area contributed by atoms with Gasteiger partial charge in [0.15, 0.2) is 0 Å². The molecule has 1 aromatic heterocycles. The van der Waals surface area contributed by atoms with Gasteiger partial charge in [0.25, 0.3) is 0 Å². The fourth-order valence-corrected chi connectivity index (χ4v) is 3.33. The third kappa shape index (κ3) is 4.28. The van der Waals surface area contributed by atoms with E-state index in [1.165, 1.54) is 0 Å². The summed E-state index contributed by atoms with van der Waals surface area (Å²) in [5.74, 6) is 1.62. The molecule has 0 spiro atoms. The lowest BCUT2D eigenvalue weighted by molar-refractivity contribution is -0.132. The third-order valence-electron chi connectivity index (χ3n) is 4.96. The van der Waals surface area contributed by atoms with Gasteiger partial charge >= 0.3 is 0 Å². The van der Waals surface area contributed by atoms with Crippen LogP contribution in [0.1, 0.15) is 23.9 Å². The summed E-state index contributed by atoms with van der Waals surface area (Å²) < 4.78 is 10.9. The fraction of sp³-hybridized carbons (Fsp3) is 0.286. The Morgan fingerprint density at radius 2 is 1.90 bits per heavy atom. The van der Waals surface area contributed by atoms with E-state index in [2.05, 4.69) is 21.0 Å². The van der Waals surface area contributed by atoms with Crippen molar-refractivity contribution in [3.05, 3.63) is 66.1 Å². The topological polar surface area (TPSA) is 92.5 Å². The number of ether oxygens (including phenoxy) is 1. The van der Waals surface area contributed by atoms with Gasteiger partial charge < -0.3 is 14.1 Å². The van der Waals surface area contributed by atoms with Crippen molar-refractivity contribution >= 4 is 5.91 Å². The van der Waals surface area contributed by atoms with Crippen LogP contribution in [0, 0.1) is 0 Å². The van der Waals surface area contributed by atoms with Gasteiger partial charge in [-0.25, -0.2) is 10.9 Å². The number of methoxy groups -OCH3 is 1. The lowest BCUT2D eigenvalue weighted by Crippen LogP contribution is -2.43. The molecule has 29 heavy (non-hydrogen) atoms. The van der Waals surface area contributed by atoms with Gasteiger partial charge in [0.1, 0.15) is 11.8 Å². The minimum Gasteiger partial charge on any atom is -0.497 e. The van der Waals surface area contributed by atoms with Crippen LogP contribution >= 0.6 is 0 Å². The Kier molecular flexibility index (Phi) is 5.55. The van der Waals surface area contributed by atoms with Gasteiger partial charge in [0.05, 0.1) is 13.7 Å². The van der Waals surface area contributed by atoms with Gasteiger partial charge in [-0.15, -0.1) is 10.2 Å². The standard InChI is InChI=1S/C21H23N5O3/c1-26(13-19-24-25-20(29-19)15-6-4-3-5-7-15)21(27)18-12-17(22-23-18)14-8-10-16(28-2)11-9-14/h3-11,17-18,22-23H,12-13H2,1-2H3. The Morgan fingerprint density at radius 1 is 1.14 bits per heavy atom. The summed E-state index contributed by atoms with van der Waals surface area (Å²) in [7, 11) is 3.37. The smallest absolute Gasteiger partial charge is 0.247 e. The van der Waals surface area contributed by atoms with Crippen LogP contribution < -0.4 is 15.6 Å². The van der Waals surface area contributed by atoms with Crippen molar-refractivity contribution in [1.29, 1.82) is 0 Å². The molecule has 2 N–H and O–H groups in total. The first-order chi connectivity index (χ1) is 14.1. The SMILES string of the molecule is COc1ccc(C2CC(C(=O)N(C)Cc3nnc(-c4ccccc4)o3)NN2)cc1. The number of carbonyl (C=O) groups is 1. The van der Waals surface area contributed by atoms with E-state index < -0.39 is 0 Å². The lowest BCUT2D eigenvalue weighted by atomic mass is 10.0. The van der Waals surface area contributed by atoms with E-state index in [9.17, 15) is 4.79 Å². The number of nitrogens with one attached hydrogen (secondary N) is 2. The van der Waals surface area contributed by atoms with Crippen molar-refractivity contribution in [1.82, 2.24) is 25.9 Å². The maximum Gasteiger partial charge on any atom is 0.247 e. The number of benzene rings is 2. The van der Waals surface area contributed by atoms with Crippen molar-refractivity contribution < 1.29 is 13.9 Å². The summed E-state index contributed by atoms with van der Waals surface area (Å²) in [4.78, 5) is 14.4. The van der Waals surface area contributed by atoms with E-state index in [1.54, 1.807) is 19.1 Å². The second-order valence-corrected chi connectivity index (χ2v) is 6.96. The van der Waals surface area contributed by atoms with Crippen LogP contribution in [0.25, 0.3) is 11.5 Å². The van der Waals surface area contributed by atoms with E-state index in [1.807, 2.05) is 54.6 Å². The molecule has 4 rings (SSSR count). The number of hydrogen-bond donors (Lipinski definition) is 2. The van der Waals surface area contributed by atoms with E-state index in [0.717, 1.165) is 16.9 Å². The van der Waals surface area contributed by atoms with E-state index >= 15 is 0 Å². The fourth-order valence-electron chi connectivity index (χ4n) is 3.33. The van der Waals surface area contributed by atoms with Crippen molar-refractivity contribution in [2.24, 2.45) is 0 Å². The molecule has 2 unspecified atom stereocenters. The molecule has 1 saturated heterocycles.